The Morgan fingerprint density at radius 3 is 2.38 bits per heavy atom. The van der Waals surface area contributed by atoms with E-state index in [0.29, 0.717) is 0 Å². The highest BCUT2D eigenvalue weighted by Gasteiger charge is 2.38. The van der Waals surface area contributed by atoms with Crippen molar-refractivity contribution >= 4 is 17.4 Å². The lowest BCUT2D eigenvalue weighted by Crippen LogP contribution is -2.22. The molecule has 0 aromatic heterocycles. The van der Waals surface area contributed by atoms with Crippen LogP contribution in [0.1, 0.15) is 10.4 Å². The summed E-state index contributed by atoms with van der Waals surface area (Å²) in [5.74, 6) is -2.42. The fourth-order valence-corrected chi connectivity index (χ4v) is 1.11. The summed E-state index contributed by atoms with van der Waals surface area (Å²) in [7, 11) is 0. The zero-order valence-corrected chi connectivity index (χ0v) is 8.35. The van der Waals surface area contributed by atoms with Gasteiger partial charge in [0.15, 0.2) is 0 Å². The average molecular weight is 257 g/mol. The van der Waals surface area contributed by atoms with Gasteiger partial charge in [-0.3, -0.25) is 4.79 Å². The number of Topliss-reactive ketones (excluding diaryl/α,β-unsaturated/α-hetero) is 1. The molecule has 7 heteroatoms. The molecule has 1 aromatic carbocycles. The Labute approximate surface area is 92.8 Å². The van der Waals surface area contributed by atoms with Crippen molar-refractivity contribution in [3.63, 3.8) is 0 Å². The molecule has 1 rings (SSSR count). The van der Waals surface area contributed by atoms with Crippen LogP contribution in [0, 0.1) is 0 Å². The minimum absolute atomic E-state index is 0.636. The normalized spacial score (nSPS) is 11.6. The maximum atomic E-state index is 12.5. The monoisotopic (exact) mass is 256 g/mol. The second-order valence-electron chi connectivity index (χ2n) is 2.70. The zero-order chi connectivity index (χ0) is 12.3. The highest BCUT2D eigenvalue weighted by atomic mass is 35.5. The van der Waals surface area contributed by atoms with E-state index in [1.54, 1.807) is 0 Å². The third-order valence-corrected chi connectivity index (χ3v) is 1.78. The molecule has 2 nitrogen and oxygen atoms in total. The predicted molar refractivity (Wildman–Crippen MR) is 48.2 cm³/mol. The summed E-state index contributed by atoms with van der Waals surface area (Å²) in [5.41, 5.74) is -0.692. The van der Waals surface area contributed by atoms with E-state index in [9.17, 15) is 22.4 Å². The first kappa shape index (κ1) is 12.8. The maximum absolute atomic E-state index is 12.5. The Bertz CT molecular complexity index is 389. The van der Waals surface area contributed by atoms with Crippen LogP contribution >= 0.6 is 11.6 Å². The molecule has 0 radical (unpaired) electrons. The smallest absolute Gasteiger partial charge is 0.387 e. The lowest BCUT2D eigenvalue weighted by Gasteiger charge is -2.11. The van der Waals surface area contributed by atoms with Crippen molar-refractivity contribution in [1.29, 1.82) is 0 Å². The van der Waals surface area contributed by atoms with Crippen molar-refractivity contribution in [2.24, 2.45) is 0 Å². The van der Waals surface area contributed by atoms with Gasteiger partial charge in [0.05, 0.1) is 5.56 Å². The summed E-state index contributed by atoms with van der Waals surface area (Å²) in [5, 5.41) is -4.15. The van der Waals surface area contributed by atoms with E-state index in [1.165, 1.54) is 12.1 Å². The number of benzene rings is 1. The van der Waals surface area contributed by atoms with Crippen LogP contribution in [0.5, 0.6) is 5.75 Å². The number of ether oxygens (including phenoxy) is 1. The van der Waals surface area contributed by atoms with Gasteiger partial charge in [0.2, 0.25) is 0 Å². The van der Waals surface area contributed by atoms with Gasteiger partial charge in [-0.2, -0.15) is 17.6 Å². The lowest BCUT2D eigenvalue weighted by molar-refractivity contribution is -0.0504. The standard InChI is InChI=1S/C9H5ClF4O2/c10-9(13,14)7(15)5-3-1-2-4-6(5)16-8(11)12/h1-4,8H. The molecule has 0 saturated heterocycles. The molecule has 0 unspecified atom stereocenters. The first-order valence-electron chi connectivity index (χ1n) is 3.97. The van der Waals surface area contributed by atoms with Crippen LogP contribution in [-0.2, 0) is 0 Å². The molecule has 16 heavy (non-hydrogen) atoms. The third kappa shape index (κ3) is 3.10. The quantitative estimate of drug-likeness (QED) is 0.469. The summed E-state index contributed by atoms with van der Waals surface area (Å²) in [6, 6.07) is 4.40. The predicted octanol–water partition coefficient (Wildman–Crippen LogP) is 3.30. The zero-order valence-electron chi connectivity index (χ0n) is 7.59. The van der Waals surface area contributed by atoms with Crippen molar-refractivity contribution in [2.45, 2.75) is 12.0 Å². The first-order valence-corrected chi connectivity index (χ1v) is 4.35. The van der Waals surface area contributed by atoms with Gasteiger partial charge in [-0.25, -0.2) is 0 Å². The summed E-state index contributed by atoms with van der Waals surface area (Å²) in [6.07, 6.45) is 0. The number of ketones is 1. The summed E-state index contributed by atoms with van der Waals surface area (Å²) < 4.78 is 52.7. The summed E-state index contributed by atoms with van der Waals surface area (Å²) in [6.45, 7) is -3.21. The molecular formula is C9H5ClF4O2. The molecule has 0 bridgehead atoms. The molecule has 0 spiro atoms. The van der Waals surface area contributed by atoms with Gasteiger partial charge in [-0.05, 0) is 23.7 Å². The molecule has 0 fully saturated rings. The van der Waals surface area contributed by atoms with Crippen LogP contribution in [0.15, 0.2) is 24.3 Å². The van der Waals surface area contributed by atoms with E-state index in [-0.39, 0.29) is 0 Å². The van der Waals surface area contributed by atoms with Crippen LogP contribution in [0.3, 0.4) is 0 Å². The molecular weight excluding hydrogens is 252 g/mol. The van der Waals surface area contributed by atoms with Crippen LogP contribution in [-0.4, -0.2) is 17.8 Å². The summed E-state index contributed by atoms with van der Waals surface area (Å²) in [4.78, 5) is 11.1. The molecule has 0 aliphatic rings. The molecule has 0 saturated carbocycles. The van der Waals surface area contributed by atoms with Crippen molar-refractivity contribution < 1.29 is 27.1 Å². The Hall–Kier alpha value is -1.30. The van der Waals surface area contributed by atoms with Gasteiger partial charge in [0.25, 0.3) is 5.78 Å². The molecule has 0 N–H and O–H groups in total. The third-order valence-electron chi connectivity index (χ3n) is 1.61. The number of carbonyl (C=O) groups is 1. The van der Waals surface area contributed by atoms with Gasteiger partial charge in [-0.15, -0.1) is 0 Å². The Balaban J connectivity index is 3.09. The maximum Gasteiger partial charge on any atom is 0.387 e. The first-order chi connectivity index (χ1) is 7.32. The van der Waals surface area contributed by atoms with Gasteiger partial charge in [-0.1, -0.05) is 12.1 Å². The van der Waals surface area contributed by atoms with Gasteiger partial charge < -0.3 is 4.74 Å². The molecule has 0 atom stereocenters. The van der Waals surface area contributed by atoms with E-state index in [1.807, 2.05) is 0 Å². The van der Waals surface area contributed by atoms with E-state index in [0.717, 1.165) is 12.1 Å². The number of halogens is 5. The Morgan fingerprint density at radius 2 is 1.88 bits per heavy atom. The largest absolute Gasteiger partial charge is 0.434 e. The van der Waals surface area contributed by atoms with Crippen LogP contribution in [0.25, 0.3) is 0 Å². The van der Waals surface area contributed by atoms with Crippen molar-refractivity contribution in [3.8, 4) is 5.75 Å². The molecule has 1 aromatic rings. The number of rotatable bonds is 4. The molecule has 88 valence electrons. The topological polar surface area (TPSA) is 26.3 Å². The Morgan fingerprint density at radius 1 is 1.31 bits per heavy atom. The van der Waals surface area contributed by atoms with Crippen LogP contribution in [0.4, 0.5) is 17.6 Å². The van der Waals surface area contributed by atoms with Crippen LogP contribution < -0.4 is 4.74 Å². The second-order valence-corrected chi connectivity index (χ2v) is 3.18. The van der Waals surface area contributed by atoms with E-state index < -0.39 is 29.1 Å². The lowest BCUT2D eigenvalue weighted by atomic mass is 10.1. The van der Waals surface area contributed by atoms with E-state index >= 15 is 0 Å². The average Bonchev–Trinajstić information content (AvgIpc) is 2.15. The minimum Gasteiger partial charge on any atom is -0.434 e. The van der Waals surface area contributed by atoms with Gasteiger partial charge >= 0.3 is 12.0 Å². The highest BCUT2D eigenvalue weighted by molar-refractivity contribution is 6.35. The number of carbonyl (C=O) groups excluding carboxylic acids is 1. The Kier molecular flexibility index (Phi) is 3.74. The van der Waals surface area contributed by atoms with Crippen molar-refractivity contribution in [1.82, 2.24) is 0 Å². The minimum atomic E-state index is -4.15. The fourth-order valence-electron chi connectivity index (χ4n) is 1.01. The highest BCUT2D eigenvalue weighted by Crippen LogP contribution is 2.29. The SMILES string of the molecule is O=C(c1ccccc1OC(F)F)C(F)(F)Cl. The molecule has 0 aliphatic heterocycles. The second kappa shape index (κ2) is 4.69. The van der Waals surface area contributed by atoms with Crippen molar-refractivity contribution in [2.75, 3.05) is 0 Å². The molecule has 0 heterocycles. The number of alkyl halides is 5. The molecule has 0 aliphatic carbocycles. The van der Waals surface area contributed by atoms with Gasteiger partial charge in [0.1, 0.15) is 5.75 Å². The van der Waals surface area contributed by atoms with Crippen LogP contribution in [0.2, 0.25) is 0 Å². The van der Waals surface area contributed by atoms with Gasteiger partial charge in [0, 0.05) is 0 Å². The van der Waals surface area contributed by atoms with Crippen molar-refractivity contribution in [3.05, 3.63) is 29.8 Å². The van der Waals surface area contributed by atoms with E-state index in [2.05, 4.69) is 16.3 Å². The summed E-state index contributed by atoms with van der Waals surface area (Å²) >= 11 is 4.50. The molecule has 0 amide bonds. The number of para-hydroxylation sites is 1. The fraction of sp³-hybridized carbons (Fsp3) is 0.222. The van der Waals surface area contributed by atoms with E-state index in [4.69, 9.17) is 0 Å². The number of hydrogen-bond acceptors (Lipinski definition) is 2. The number of hydrogen-bond donors (Lipinski definition) is 0.